The van der Waals surface area contributed by atoms with E-state index < -0.39 is 0 Å². The highest BCUT2D eigenvalue weighted by Crippen LogP contribution is 2.29. The summed E-state index contributed by atoms with van der Waals surface area (Å²) in [6.45, 7) is 1.92. The van der Waals surface area contributed by atoms with Crippen LogP contribution in [0.1, 0.15) is 55.3 Å². The number of nitrogens with zero attached hydrogens (tertiary/aromatic N) is 3. The Bertz CT molecular complexity index is 1370. The number of benzene rings is 2. The van der Waals surface area contributed by atoms with Gasteiger partial charge in [-0.25, -0.2) is 9.97 Å². The van der Waals surface area contributed by atoms with E-state index in [0.717, 1.165) is 84.9 Å². The van der Waals surface area contributed by atoms with E-state index in [2.05, 4.69) is 31.1 Å². The number of aromatic nitrogens is 4. The zero-order valence-corrected chi connectivity index (χ0v) is 20.2. The number of para-hydroxylation sites is 1. The van der Waals surface area contributed by atoms with Crippen LogP contribution < -0.4 is 20.7 Å². The summed E-state index contributed by atoms with van der Waals surface area (Å²) in [5, 5.41) is 18.8. The van der Waals surface area contributed by atoms with Gasteiger partial charge in [0, 0.05) is 28.7 Å². The number of H-pyrrole nitrogens is 1. The van der Waals surface area contributed by atoms with Crippen LogP contribution in [-0.4, -0.2) is 51.3 Å². The molecule has 1 saturated heterocycles. The lowest BCUT2D eigenvalue weighted by molar-refractivity contribution is 0.0929. The molecule has 1 saturated carbocycles. The van der Waals surface area contributed by atoms with E-state index in [1.807, 2.05) is 30.3 Å². The molecule has 36 heavy (non-hydrogen) atoms. The van der Waals surface area contributed by atoms with Crippen molar-refractivity contribution in [2.45, 2.75) is 57.1 Å². The van der Waals surface area contributed by atoms with Crippen LogP contribution in [0.25, 0.3) is 21.8 Å². The maximum Gasteiger partial charge on any atom is 0.252 e. The third kappa shape index (κ3) is 4.83. The monoisotopic (exact) mass is 485 g/mol. The average molecular weight is 486 g/mol. The van der Waals surface area contributed by atoms with Crippen LogP contribution in [0, 0.1) is 0 Å². The van der Waals surface area contributed by atoms with Gasteiger partial charge in [0.15, 0.2) is 0 Å². The minimum atomic E-state index is -0.0750. The van der Waals surface area contributed by atoms with Gasteiger partial charge < -0.3 is 20.7 Å². The van der Waals surface area contributed by atoms with Crippen LogP contribution in [0.5, 0.6) is 5.75 Å². The van der Waals surface area contributed by atoms with E-state index >= 15 is 0 Å². The normalized spacial score (nSPS) is 17.3. The number of aromatic amines is 1. The van der Waals surface area contributed by atoms with Crippen LogP contribution in [-0.2, 0) is 0 Å². The molecule has 6 rings (SSSR count). The first-order valence-corrected chi connectivity index (χ1v) is 12.9. The van der Waals surface area contributed by atoms with Crippen LogP contribution in [0.15, 0.2) is 42.7 Å². The number of piperidine rings is 1. The number of carbonyl (C=O) groups is 1. The summed E-state index contributed by atoms with van der Waals surface area (Å²) < 4.78 is 6.32. The van der Waals surface area contributed by atoms with Crippen molar-refractivity contribution in [3.63, 3.8) is 0 Å². The molecule has 1 amide bonds. The second-order valence-electron chi connectivity index (χ2n) is 9.74. The lowest BCUT2D eigenvalue weighted by Crippen LogP contribution is -2.36. The quantitative estimate of drug-likeness (QED) is 0.319. The first kappa shape index (κ1) is 22.7. The highest BCUT2D eigenvalue weighted by atomic mass is 16.5. The Kier molecular flexibility index (Phi) is 6.38. The van der Waals surface area contributed by atoms with Gasteiger partial charge in [-0.15, -0.1) is 0 Å². The molecule has 9 heteroatoms. The number of anilines is 2. The molecule has 2 fully saturated rings. The van der Waals surface area contributed by atoms with Gasteiger partial charge in [0.05, 0.1) is 17.3 Å². The van der Waals surface area contributed by atoms with Crippen molar-refractivity contribution in [2.24, 2.45) is 0 Å². The molecular formula is C27H31N7O2. The average Bonchev–Trinajstić information content (AvgIpc) is 3.38. The van der Waals surface area contributed by atoms with E-state index in [1.54, 1.807) is 12.4 Å². The predicted octanol–water partition coefficient (Wildman–Crippen LogP) is 4.44. The Morgan fingerprint density at radius 2 is 1.89 bits per heavy atom. The lowest BCUT2D eigenvalue weighted by atomic mass is 9.95. The molecule has 186 valence electrons. The summed E-state index contributed by atoms with van der Waals surface area (Å²) in [5.41, 5.74) is 2.86. The number of carbonyl (C=O) groups excluding carboxylic acids is 1. The fourth-order valence-corrected chi connectivity index (χ4v) is 5.23. The van der Waals surface area contributed by atoms with E-state index in [4.69, 9.17) is 9.72 Å². The number of nitrogens with one attached hydrogen (secondary N) is 4. The third-order valence-corrected chi connectivity index (χ3v) is 7.15. The molecule has 1 aliphatic heterocycles. The van der Waals surface area contributed by atoms with Gasteiger partial charge >= 0.3 is 0 Å². The van der Waals surface area contributed by atoms with Gasteiger partial charge in [-0.1, -0.05) is 31.4 Å². The molecular weight excluding hydrogens is 454 g/mol. The van der Waals surface area contributed by atoms with Gasteiger partial charge in [0.1, 0.15) is 17.4 Å². The van der Waals surface area contributed by atoms with Gasteiger partial charge in [-0.05, 0) is 57.0 Å². The second kappa shape index (κ2) is 10.1. The molecule has 0 bridgehead atoms. The van der Waals surface area contributed by atoms with Crippen LogP contribution in [0.2, 0.25) is 0 Å². The van der Waals surface area contributed by atoms with Crippen LogP contribution in [0.4, 0.5) is 11.6 Å². The van der Waals surface area contributed by atoms with Crippen LogP contribution in [0.3, 0.4) is 0 Å². The Labute approximate surface area is 209 Å². The summed E-state index contributed by atoms with van der Waals surface area (Å²) in [7, 11) is 0. The predicted molar refractivity (Wildman–Crippen MR) is 140 cm³/mol. The van der Waals surface area contributed by atoms with Crippen molar-refractivity contribution in [3.05, 3.63) is 48.3 Å². The number of amides is 1. The van der Waals surface area contributed by atoms with E-state index in [0.29, 0.717) is 11.5 Å². The SMILES string of the molecule is O=C(NC1CCCCC1)c1cc(Nc2ncc3cccc(OC4CCNCC4)c3n2)cc2[nH]ncc12. The molecule has 0 unspecified atom stereocenters. The number of ether oxygens (including phenoxy) is 1. The Hall–Kier alpha value is -3.72. The summed E-state index contributed by atoms with van der Waals surface area (Å²) in [6.07, 6.45) is 11.3. The topological polar surface area (TPSA) is 117 Å². The minimum Gasteiger partial charge on any atom is -0.488 e. The number of hydrogen-bond donors (Lipinski definition) is 4. The van der Waals surface area contributed by atoms with E-state index in [-0.39, 0.29) is 18.1 Å². The molecule has 3 heterocycles. The Morgan fingerprint density at radius 3 is 2.75 bits per heavy atom. The Morgan fingerprint density at radius 1 is 1.03 bits per heavy atom. The van der Waals surface area contributed by atoms with E-state index in [9.17, 15) is 4.79 Å². The Balaban J connectivity index is 1.27. The molecule has 2 aromatic heterocycles. The smallest absolute Gasteiger partial charge is 0.252 e. The standard InChI is InChI=1S/C27H31N7O2/c35-26(31-18-6-2-1-3-7-18)21-13-19(14-23-22(21)16-30-34-23)32-27-29-15-17-5-4-8-24(25(17)33-27)36-20-9-11-28-12-10-20/h4-5,8,13-16,18,20,28H,1-3,6-7,9-12H2,(H,30,34)(H,31,35)(H,29,32,33). The fraction of sp³-hybridized carbons (Fsp3) is 0.407. The number of fused-ring (bicyclic) bond motifs is 2. The van der Waals surface area contributed by atoms with Crippen molar-refractivity contribution in [2.75, 3.05) is 18.4 Å². The second-order valence-corrected chi connectivity index (χ2v) is 9.74. The molecule has 0 atom stereocenters. The summed E-state index contributed by atoms with van der Waals surface area (Å²) >= 11 is 0. The molecule has 4 N–H and O–H groups in total. The number of rotatable bonds is 6. The third-order valence-electron chi connectivity index (χ3n) is 7.15. The zero-order chi connectivity index (χ0) is 24.3. The largest absolute Gasteiger partial charge is 0.488 e. The molecule has 1 aliphatic carbocycles. The molecule has 0 spiro atoms. The van der Waals surface area contributed by atoms with Crippen molar-refractivity contribution in [1.82, 2.24) is 30.8 Å². The fourth-order valence-electron chi connectivity index (χ4n) is 5.23. The maximum atomic E-state index is 13.2. The molecule has 2 aromatic carbocycles. The molecule has 2 aliphatic rings. The van der Waals surface area contributed by atoms with Gasteiger partial charge in [-0.3, -0.25) is 9.89 Å². The molecule has 0 radical (unpaired) electrons. The van der Waals surface area contributed by atoms with Crippen molar-refractivity contribution >= 4 is 39.3 Å². The molecule has 9 nitrogen and oxygen atoms in total. The maximum absolute atomic E-state index is 13.2. The number of hydrogen-bond acceptors (Lipinski definition) is 7. The van der Waals surface area contributed by atoms with Crippen molar-refractivity contribution < 1.29 is 9.53 Å². The van der Waals surface area contributed by atoms with Crippen molar-refractivity contribution in [3.8, 4) is 5.75 Å². The lowest BCUT2D eigenvalue weighted by Gasteiger charge is -2.24. The zero-order valence-electron chi connectivity index (χ0n) is 20.2. The van der Waals surface area contributed by atoms with Crippen LogP contribution >= 0.6 is 0 Å². The first-order valence-electron chi connectivity index (χ1n) is 12.9. The van der Waals surface area contributed by atoms with Crippen molar-refractivity contribution in [1.29, 1.82) is 0 Å². The van der Waals surface area contributed by atoms with Gasteiger partial charge in [-0.2, -0.15) is 5.10 Å². The van der Waals surface area contributed by atoms with E-state index in [1.165, 1.54) is 6.42 Å². The highest BCUT2D eigenvalue weighted by Gasteiger charge is 2.20. The van der Waals surface area contributed by atoms with Gasteiger partial charge in [0.25, 0.3) is 5.91 Å². The minimum absolute atomic E-state index is 0.0750. The summed E-state index contributed by atoms with van der Waals surface area (Å²) in [4.78, 5) is 22.5. The van der Waals surface area contributed by atoms with Gasteiger partial charge in [0.2, 0.25) is 5.95 Å². The summed E-state index contributed by atoms with van der Waals surface area (Å²) in [6, 6.07) is 9.92. The first-order chi connectivity index (χ1) is 17.7. The highest BCUT2D eigenvalue weighted by molar-refractivity contribution is 6.07. The molecule has 4 aromatic rings. The summed E-state index contributed by atoms with van der Waals surface area (Å²) in [5.74, 6) is 1.14.